The number of nitrogens with one attached hydrogen (secondary N) is 1. The lowest BCUT2D eigenvalue weighted by molar-refractivity contribution is -0.138. The molecule has 1 aliphatic rings. The number of carbonyl (C=O) groups is 1. The number of aromatic nitrogens is 3. The fourth-order valence-electron chi connectivity index (χ4n) is 3.78. The molecule has 1 N–H and O–H groups in total. The Kier molecular flexibility index (Phi) is 7.18. The van der Waals surface area contributed by atoms with Crippen LogP contribution >= 0.6 is 0 Å². The van der Waals surface area contributed by atoms with Gasteiger partial charge in [0.25, 0.3) is 6.47 Å². The molecule has 0 aliphatic carbocycles. The second-order valence-electron chi connectivity index (χ2n) is 9.09. The van der Waals surface area contributed by atoms with E-state index in [4.69, 9.17) is 0 Å². The number of benzene rings is 1. The second kappa shape index (κ2) is 10.4. The molecule has 6 heteroatoms. The van der Waals surface area contributed by atoms with Crippen molar-refractivity contribution in [3.63, 3.8) is 0 Å². The largest absolute Gasteiger partial charge is 0.462 e. The van der Waals surface area contributed by atoms with Crippen molar-refractivity contribution in [1.29, 1.82) is 0 Å². The number of carbonyl (C=O) groups excluding carboxylic acids is 1. The fraction of sp³-hybridized carbons (Fsp3) is 0.250. The van der Waals surface area contributed by atoms with E-state index in [2.05, 4.69) is 67.0 Å². The lowest BCUT2D eigenvalue weighted by Gasteiger charge is -2.14. The van der Waals surface area contributed by atoms with Crippen LogP contribution in [0.25, 0.3) is 33.7 Å². The van der Waals surface area contributed by atoms with E-state index in [0.29, 0.717) is 6.47 Å². The number of hydrogen-bond donors (Lipinski definition) is 1. The Labute approximate surface area is 200 Å². The molecule has 174 valence electrons. The average Bonchev–Trinajstić information content (AvgIpc) is 3.28. The summed E-state index contributed by atoms with van der Waals surface area (Å²) in [5, 5.41) is 3.36. The van der Waals surface area contributed by atoms with Crippen molar-refractivity contribution in [3.05, 3.63) is 84.8 Å². The van der Waals surface area contributed by atoms with Crippen molar-refractivity contribution >= 4 is 17.7 Å². The standard InChI is InChI=1S/C23H20N4.C5H10O2/c1-2-4-18(5-3-1)21-14-20(8-12-25-21)22-16-26-23-15-19(9-13-27(22)23)17-6-10-24-11-7-17;1-5(2,3)7-4-6/h1-6,8-9,12-16,24H,7,10-11H2;4H,1-3H3. The third-order valence-electron chi connectivity index (χ3n) is 5.47. The Bertz CT molecular complexity index is 1290. The minimum absolute atomic E-state index is 0.318. The molecule has 3 aromatic heterocycles. The first-order valence-electron chi connectivity index (χ1n) is 11.5. The minimum atomic E-state index is -0.318. The SMILES string of the molecule is C1=C(c2ccn3c(-c4ccnc(-c5ccccc5)c4)cnc3c2)CCNC1.CC(C)(C)OC=O. The van der Waals surface area contributed by atoms with Crippen LogP contribution < -0.4 is 5.32 Å². The summed E-state index contributed by atoms with van der Waals surface area (Å²) < 4.78 is 6.70. The van der Waals surface area contributed by atoms with Crippen LogP contribution in [-0.4, -0.2) is 39.5 Å². The Hall–Kier alpha value is -3.77. The van der Waals surface area contributed by atoms with Gasteiger partial charge in [-0.3, -0.25) is 14.2 Å². The Balaban J connectivity index is 0.000000344. The van der Waals surface area contributed by atoms with Crippen LogP contribution in [0.1, 0.15) is 32.8 Å². The maximum atomic E-state index is 9.60. The highest BCUT2D eigenvalue weighted by Crippen LogP contribution is 2.27. The highest BCUT2D eigenvalue weighted by molar-refractivity contribution is 5.73. The zero-order chi connectivity index (χ0) is 24.0. The van der Waals surface area contributed by atoms with E-state index in [9.17, 15) is 4.79 Å². The highest BCUT2D eigenvalue weighted by atomic mass is 16.5. The monoisotopic (exact) mass is 454 g/mol. The van der Waals surface area contributed by atoms with Crippen LogP contribution in [0.5, 0.6) is 0 Å². The summed E-state index contributed by atoms with van der Waals surface area (Å²) in [4.78, 5) is 18.8. The Morgan fingerprint density at radius 1 is 1.00 bits per heavy atom. The first-order chi connectivity index (χ1) is 16.4. The molecular formula is C28H30N4O2. The van der Waals surface area contributed by atoms with Crippen LogP contribution in [0.2, 0.25) is 0 Å². The summed E-state index contributed by atoms with van der Waals surface area (Å²) in [5.41, 5.74) is 7.60. The van der Waals surface area contributed by atoms with Gasteiger partial charge in [0, 0.05) is 30.1 Å². The Morgan fingerprint density at radius 3 is 2.50 bits per heavy atom. The lowest BCUT2D eigenvalue weighted by atomic mass is 10.0. The molecule has 1 aromatic carbocycles. The van der Waals surface area contributed by atoms with Gasteiger partial charge in [-0.15, -0.1) is 0 Å². The second-order valence-corrected chi connectivity index (χ2v) is 9.09. The molecule has 0 spiro atoms. The first kappa shape index (κ1) is 23.4. The highest BCUT2D eigenvalue weighted by Gasteiger charge is 2.11. The average molecular weight is 455 g/mol. The maximum Gasteiger partial charge on any atom is 0.293 e. The molecule has 4 heterocycles. The van der Waals surface area contributed by atoms with E-state index < -0.39 is 0 Å². The molecule has 0 radical (unpaired) electrons. The van der Waals surface area contributed by atoms with Gasteiger partial charge in [0.2, 0.25) is 0 Å². The number of ether oxygens (including phenoxy) is 1. The molecule has 6 nitrogen and oxygen atoms in total. The van der Waals surface area contributed by atoms with Gasteiger partial charge in [0.1, 0.15) is 11.2 Å². The zero-order valence-corrected chi connectivity index (χ0v) is 19.9. The topological polar surface area (TPSA) is 68.5 Å². The summed E-state index contributed by atoms with van der Waals surface area (Å²) in [6, 6.07) is 18.8. The molecule has 5 rings (SSSR count). The van der Waals surface area contributed by atoms with E-state index in [1.54, 1.807) is 0 Å². The third kappa shape index (κ3) is 5.77. The van der Waals surface area contributed by atoms with Crippen LogP contribution in [0.3, 0.4) is 0 Å². The molecule has 0 saturated heterocycles. The molecule has 1 aliphatic heterocycles. The van der Waals surface area contributed by atoms with Gasteiger partial charge in [-0.25, -0.2) is 4.98 Å². The van der Waals surface area contributed by atoms with E-state index in [1.165, 1.54) is 11.1 Å². The van der Waals surface area contributed by atoms with E-state index >= 15 is 0 Å². The van der Waals surface area contributed by atoms with Gasteiger partial charge in [-0.1, -0.05) is 36.4 Å². The van der Waals surface area contributed by atoms with Crippen LogP contribution in [0.4, 0.5) is 0 Å². The molecule has 0 amide bonds. The molecule has 0 bridgehead atoms. The van der Waals surface area contributed by atoms with Crippen LogP contribution in [0.15, 0.2) is 79.3 Å². The van der Waals surface area contributed by atoms with Crippen molar-refractivity contribution in [2.75, 3.05) is 13.1 Å². The van der Waals surface area contributed by atoms with Gasteiger partial charge in [0.15, 0.2) is 0 Å². The predicted molar refractivity (Wildman–Crippen MR) is 136 cm³/mol. The molecule has 0 unspecified atom stereocenters. The quantitative estimate of drug-likeness (QED) is 0.418. The molecule has 0 saturated carbocycles. The Morgan fingerprint density at radius 2 is 1.82 bits per heavy atom. The van der Waals surface area contributed by atoms with Crippen molar-refractivity contribution in [3.8, 4) is 22.5 Å². The molecule has 4 aromatic rings. The molecule has 0 atom stereocenters. The molecule has 34 heavy (non-hydrogen) atoms. The number of hydrogen-bond acceptors (Lipinski definition) is 5. The van der Waals surface area contributed by atoms with Gasteiger partial charge in [-0.05, 0) is 69.1 Å². The van der Waals surface area contributed by atoms with Gasteiger partial charge in [-0.2, -0.15) is 0 Å². The van der Waals surface area contributed by atoms with Gasteiger partial charge in [0.05, 0.1) is 17.6 Å². The number of fused-ring (bicyclic) bond motifs is 1. The molecule has 0 fully saturated rings. The van der Waals surface area contributed by atoms with Crippen molar-refractivity contribution in [1.82, 2.24) is 19.7 Å². The molecular weight excluding hydrogens is 424 g/mol. The number of imidazole rings is 1. The first-order valence-corrected chi connectivity index (χ1v) is 11.5. The van der Waals surface area contributed by atoms with E-state index in [1.807, 2.05) is 57.4 Å². The van der Waals surface area contributed by atoms with E-state index in [0.717, 1.165) is 47.7 Å². The predicted octanol–water partition coefficient (Wildman–Crippen LogP) is 5.40. The number of rotatable bonds is 4. The smallest absolute Gasteiger partial charge is 0.293 e. The van der Waals surface area contributed by atoms with Crippen molar-refractivity contribution < 1.29 is 9.53 Å². The van der Waals surface area contributed by atoms with Crippen molar-refractivity contribution in [2.45, 2.75) is 32.8 Å². The fourth-order valence-corrected chi connectivity index (χ4v) is 3.78. The normalized spacial score (nSPS) is 13.6. The minimum Gasteiger partial charge on any atom is -0.462 e. The number of nitrogens with zero attached hydrogens (tertiary/aromatic N) is 3. The summed E-state index contributed by atoms with van der Waals surface area (Å²) in [7, 11) is 0. The van der Waals surface area contributed by atoms with Crippen molar-refractivity contribution in [2.24, 2.45) is 0 Å². The zero-order valence-electron chi connectivity index (χ0n) is 19.9. The van der Waals surface area contributed by atoms with E-state index in [-0.39, 0.29) is 5.60 Å². The third-order valence-corrected chi connectivity index (χ3v) is 5.47. The summed E-state index contributed by atoms with van der Waals surface area (Å²) in [5.74, 6) is 0. The summed E-state index contributed by atoms with van der Waals surface area (Å²) in [6.45, 7) is 7.90. The van der Waals surface area contributed by atoms with Crippen LogP contribution in [-0.2, 0) is 9.53 Å². The van der Waals surface area contributed by atoms with Gasteiger partial charge >= 0.3 is 0 Å². The summed E-state index contributed by atoms with van der Waals surface area (Å²) >= 11 is 0. The lowest BCUT2D eigenvalue weighted by Crippen LogP contribution is -2.20. The maximum absolute atomic E-state index is 9.60. The van der Waals surface area contributed by atoms with Crippen LogP contribution in [0, 0.1) is 0 Å². The van der Waals surface area contributed by atoms with Gasteiger partial charge < -0.3 is 10.1 Å². The summed E-state index contributed by atoms with van der Waals surface area (Å²) in [6.07, 6.45) is 9.27. The number of pyridine rings is 2.